The first-order valence-electron chi connectivity index (χ1n) is 15.1. The molecule has 2 aliphatic carbocycles. The molecule has 24 heteroatoms. The highest BCUT2D eigenvalue weighted by Gasteiger charge is 2.65. The number of hydrogen-bond donors (Lipinski definition) is 14. The lowest BCUT2D eigenvalue weighted by Gasteiger charge is -2.57. The molecule has 1 saturated carbocycles. The highest BCUT2D eigenvalue weighted by atomic mass is 16.5. The number of rotatable bonds is 10. The minimum Gasteiger partial charge on any atom is -0.493 e. The van der Waals surface area contributed by atoms with Crippen molar-refractivity contribution in [2.24, 2.45) is 5.92 Å². The fourth-order valence-corrected chi connectivity index (χ4v) is 6.48. The van der Waals surface area contributed by atoms with E-state index >= 15 is 0 Å². The van der Waals surface area contributed by atoms with Crippen molar-refractivity contribution in [3.8, 4) is 11.5 Å². The molecule has 1 aromatic carbocycles. The molecule has 2 bridgehead atoms. The monoisotopic (exact) mass is 783 g/mol. The average Bonchev–Trinajstić information content (AvgIpc) is 3.45. The van der Waals surface area contributed by atoms with Crippen LogP contribution in [0.15, 0.2) is 12.1 Å². The largest absolute Gasteiger partial charge is 0.493 e. The molecule has 5 rings (SSSR count). The Morgan fingerprint density at radius 3 is 1.48 bits per heavy atom. The van der Waals surface area contributed by atoms with Crippen molar-refractivity contribution in [2.45, 2.75) is 79.9 Å². The summed E-state index contributed by atoms with van der Waals surface area (Å²) in [6.07, 6.45) is -10.1. The number of aliphatic hydroxyl groups excluding tert-OH is 6. The molecule has 24 nitrogen and oxygen atoms in total. The Morgan fingerprint density at radius 2 is 1.13 bits per heavy atom. The van der Waals surface area contributed by atoms with Gasteiger partial charge in [0.05, 0.1) is 7.11 Å². The SMILES string of the molecule is COc1ccc2c3c1O[C@H]1C(=O)CC[C@H]4[C@@H](C2)N(C)CC[C@]314.N.N.O=C(O)C(O)C(O)C(=O)O.O=C(O)C(O)C(O)C(=O)O.O=C(O)C(O)C(O)C(=O)O. The van der Waals surface area contributed by atoms with E-state index in [9.17, 15) is 33.6 Å². The van der Waals surface area contributed by atoms with Gasteiger partial charge in [0.15, 0.2) is 60.0 Å². The third-order valence-corrected chi connectivity index (χ3v) is 9.01. The van der Waals surface area contributed by atoms with Crippen molar-refractivity contribution in [2.75, 3.05) is 20.7 Å². The number of nitrogens with zero attached hydrogens (tertiary/aromatic N) is 1. The molecule has 0 radical (unpaired) electrons. The van der Waals surface area contributed by atoms with E-state index in [1.54, 1.807) is 7.11 Å². The van der Waals surface area contributed by atoms with Crippen LogP contribution in [0.1, 0.15) is 30.4 Å². The maximum Gasteiger partial charge on any atom is 0.335 e. The first kappa shape index (κ1) is 49.0. The van der Waals surface area contributed by atoms with Crippen LogP contribution in [0.5, 0.6) is 11.5 Å². The van der Waals surface area contributed by atoms with E-state index in [1.807, 2.05) is 6.07 Å². The Kier molecular flexibility index (Phi) is 18.0. The number of carboxylic acids is 6. The number of ether oxygens (including phenoxy) is 2. The Hall–Kier alpha value is -5.05. The molecule has 10 atom stereocenters. The van der Waals surface area contributed by atoms with E-state index in [0.717, 1.165) is 37.3 Å². The van der Waals surface area contributed by atoms with E-state index in [1.165, 1.54) is 11.1 Å². The molecule has 54 heavy (non-hydrogen) atoms. The first-order valence-corrected chi connectivity index (χ1v) is 15.1. The van der Waals surface area contributed by atoms with Crippen LogP contribution in [-0.4, -0.2) is 177 Å². The third-order valence-electron chi connectivity index (χ3n) is 9.01. The first-order chi connectivity index (χ1) is 24.1. The minimum atomic E-state index is -2.27. The highest BCUT2D eigenvalue weighted by molar-refractivity contribution is 5.89. The van der Waals surface area contributed by atoms with Gasteiger partial charge in [-0.2, -0.15) is 0 Å². The normalized spacial score (nSPS) is 24.4. The van der Waals surface area contributed by atoms with Gasteiger partial charge in [-0.3, -0.25) is 4.79 Å². The van der Waals surface area contributed by atoms with Crippen LogP contribution in [0.4, 0.5) is 0 Å². The Bertz CT molecular complexity index is 1420. The van der Waals surface area contributed by atoms with Crippen molar-refractivity contribution in [3.63, 3.8) is 0 Å². The number of Topliss-reactive ketones (excluding diaryl/α,β-unsaturated/α-hetero) is 1. The zero-order chi connectivity index (χ0) is 40.0. The standard InChI is InChI=1S/C18H21NO3.3C4H6O6.2H3N/c1-19-8-7-18-11-4-5-13(20)17(18)22-16-14(21-2)6-3-10(15(16)18)9-12(11)19;3*5-1(3(7)8)2(6)4(9)10;;/h3,6,11-12,17H,4-5,7-9H2,1-2H3;3*1-2,5-6H,(H,7,8)(H,9,10);2*1H3/t11-,12+,17-,18-;;;;;/m0...../s1. The summed E-state index contributed by atoms with van der Waals surface area (Å²) in [5.74, 6) is -8.15. The lowest BCUT2D eigenvalue weighted by atomic mass is 9.52. The zero-order valence-electron chi connectivity index (χ0n) is 28.8. The number of carbonyl (C=O) groups is 7. The van der Waals surface area contributed by atoms with Crippen LogP contribution >= 0.6 is 0 Å². The summed E-state index contributed by atoms with van der Waals surface area (Å²) >= 11 is 0. The topological polar surface area (TPSA) is 454 Å². The van der Waals surface area contributed by atoms with Gasteiger partial charge in [0, 0.05) is 23.4 Å². The summed E-state index contributed by atoms with van der Waals surface area (Å²) in [7, 11) is 3.91. The lowest BCUT2D eigenvalue weighted by Crippen LogP contribution is -2.65. The molecular weight excluding hydrogens is 738 g/mol. The van der Waals surface area contributed by atoms with Gasteiger partial charge in [-0.15, -0.1) is 0 Å². The number of ketones is 1. The number of methoxy groups -OCH3 is 1. The van der Waals surface area contributed by atoms with Crippen molar-refractivity contribution < 1.29 is 104 Å². The number of piperidine rings is 1. The zero-order valence-corrected chi connectivity index (χ0v) is 28.8. The summed E-state index contributed by atoms with van der Waals surface area (Å²) in [5, 5.41) is 97.6. The van der Waals surface area contributed by atoms with Crippen LogP contribution in [0.25, 0.3) is 0 Å². The second-order valence-electron chi connectivity index (χ2n) is 12.0. The van der Waals surface area contributed by atoms with Crippen molar-refractivity contribution in [3.05, 3.63) is 23.3 Å². The number of benzene rings is 1. The van der Waals surface area contributed by atoms with E-state index in [4.69, 9.17) is 70.8 Å². The molecule has 2 aliphatic heterocycles. The molecule has 0 aromatic heterocycles. The fraction of sp³-hybridized carbons (Fsp3) is 0.567. The molecule has 1 spiro atoms. The number of carboxylic acid groups (broad SMARTS) is 6. The molecule has 1 saturated heterocycles. The van der Waals surface area contributed by atoms with Crippen molar-refractivity contribution in [1.82, 2.24) is 17.2 Å². The molecule has 18 N–H and O–H groups in total. The number of aliphatic carboxylic acids is 6. The predicted octanol–water partition coefficient (Wildman–Crippen LogP) is -4.11. The van der Waals surface area contributed by atoms with Crippen molar-refractivity contribution >= 4 is 41.6 Å². The van der Waals surface area contributed by atoms with Crippen LogP contribution < -0.4 is 21.8 Å². The summed E-state index contributed by atoms with van der Waals surface area (Å²) in [6.45, 7) is 1.05. The van der Waals surface area contributed by atoms with Crippen molar-refractivity contribution in [1.29, 1.82) is 0 Å². The lowest BCUT2D eigenvalue weighted by molar-refractivity contribution is -0.165. The minimum absolute atomic E-state index is 0. The molecule has 1 aromatic rings. The van der Waals surface area contributed by atoms with Crippen LogP contribution in [0.2, 0.25) is 0 Å². The van der Waals surface area contributed by atoms with Gasteiger partial charge in [0.25, 0.3) is 0 Å². The smallest absolute Gasteiger partial charge is 0.335 e. The summed E-state index contributed by atoms with van der Waals surface area (Å²) in [6, 6.07) is 4.73. The summed E-state index contributed by atoms with van der Waals surface area (Å²) in [4.78, 5) is 73.7. The number of hydrogen-bond acceptors (Lipinski definition) is 18. The van der Waals surface area contributed by atoms with Crippen LogP contribution in [0, 0.1) is 5.92 Å². The third kappa shape index (κ3) is 10.1. The molecule has 2 heterocycles. The Morgan fingerprint density at radius 1 is 0.741 bits per heavy atom. The Balaban J connectivity index is 0.000000756. The van der Waals surface area contributed by atoms with E-state index in [2.05, 4.69) is 18.0 Å². The van der Waals surface area contributed by atoms with E-state index in [0.29, 0.717) is 18.4 Å². The van der Waals surface area contributed by atoms with Gasteiger partial charge in [-0.05, 0) is 50.4 Å². The van der Waals surface area contributed by atoms with Gasteiger partial charge in [0.2, 0.25) is 0 Å². The quantitative estimate of drug-likeness (QED) is 0.107. The maximum absolute atomic E-state index is 12.6. The number of likely N-dealkylation sites (N-methyl/N-ethyl adjacent to an activating group) is 1. The molecule has 306 valence electrons. The molecule has 0 amide bonds. The Labute approximate surface area is 304 Å². The second-order valence-corrected chi connectivity index (χ2v) is 12.0. The average molecular weight is 784 g/mol. The van der Waals surface area contributed by atoms with Gasteiger partial charge in [-0.25, -0.2) is 28.8 Å². The van der Waals surface area contributed by atoms with E-state index in [-0.39, 0.29) is 29.6 Å². The summed E-state index contributed by atoms with van der Waals surface area (Å²) < 4.78 is 11.8. The van der Waals surface area contributed by atoms with Gasteiger partial charge in [0.1, 0.15) is 0 Å². The van der Waals surface area contributed by atoms with Crippen LogP contribution in [0.3, 0.4) is 0 Å². The van der Waals surface area contributed by atoms with Crippen LogP contribution in [-0.2, 0) is 45.4 Å². The number of aliphatic hydroxyl groups is 6. The van der Waals surface area contributed by atoms with Gasteiger partial charge >= 0.3 is 35.8 Å². The van der Waals surface area contributed by atoms with E-state index < -0.39 is 72.4 Å². The second kappa shape index (κ2) is 19.9. The number of carbonyl (C=O) groups excluding carboxylic acids is 1. The maximum atomic E-state index is 12.6. The van der Waals surface area contributed by atoms with Gasteiger partial charge < -0.3 is 88.0 Å². The predicted molar refractivity (Wildman–Crippen MR) is 173 cm³/mol. The van der Waals surface area contributed by atoms with Gasteiger partial charge in [-0.1, -0.05) is 6.07 Å². The number of likely N-dealkylation sites (tertiary alicyclic amines) is 1. The molecule has 2 fully saturated rings. The molecule has 6 unspecified atom stereocenters. The highest BCUT2D eigenvalue weighted by Crippen LogP contribution is 2.63. The fourth-order valence-electron chi connectivity index (χ4n) is 6.48. The molecule has 4 aliphatic rings. The summed E-state index contributed by atoms with van der Waals surface area (Å²) in [5.41, 5.74) is 2.57. The molecular formula is C30H45N3O21.